The Morgan fingerprint density at radius 3 is 2.56 bits per heavy atom. The van der Waals surface area contributed by atoms with Crippen molar-refractivity contribution in [3.05, 3.63) is 76.5 Å². The molecule has 3 nitrogen and oxygen atoms in total. The van der Waals surface area contributed by atoms with Gasteiger partial charge in [-0.15, -0.1) is 23.3 Å². The number of allylic oxidation sites excluding steroid dienone is 2. The van der Waals surface area contributed by atoms with E-state index in [1.165, 1.54) is 77.6 Å². The topological polar surface area (TPSA) is 50.2 Å². The van der Waals surface area contributed by atoms with E-state index < -0.39 is 0 Å². The molecule has 5 heteroatoms. The van der Waals surface area contributed by atoms with E-state index in [0.717, 1.165) is 5.69 Å². The Balaban J connectivity index is 0.000000318. The molecule has 5 rings (SSSR count). The summed E-state index contributed by atoms with van der Waals surface area (Å²) in [5.74, 6) is -0.0625. The molecule has 32 heavy (non-hydrogen) atoms. The average Bonchev–Trinajstić information content (AvgIpc) is 3.13. The number of hydrogen-bond donors (Lipinski definition) is 1. The number of benzene rings is 2. The van der Waals surface area contributed by atoms with Gasteiger partial charge in [0.2, 0.25) is 0 Å². The normalized spacial score (nSPS) is 13.2. The van der Waals surface area contributed by atoms with E-state index in [9.17, 15) is 4.79 Å². The van der Waals surface area contributed by atoms with Crippen molar-refractivity contribution < 1.29 is 30.0 Å². The summed E-state index contributed by atoms with van der Waals surface area (Å²) in [6, 6.07) is 16.3. The maximum atomic E-state index is 10.0. The number of carbonyl (C=O) groups excluding carboxylic acids is 1. The number of aryl methyl sites for hydroxylation is 3. The van der Waals surface area contributed by atoms with Crippen molar-refractivity contribution in [1.82, 2.24) is 4.98 Å². The average molecular weight is 621 g/mol. The van der Waals surface area contributed by atoms with Crippen molar-refractivity contribution >= 4 is 38.0 Å². The molecule has 0 fully saturated rings. The number of aromatic nitrogens is 1. The molecule has 1 aliphatic carbocycles. The number of carbonyl (C=O) groups is 1. The second kappa shape index (κ2) is 10.5. The SMILES string of the molecule is CC(=O)/C=C(/C)O.Cc1c[c-]c(-c2cc3ccccc3cn2)c2sc3c(c12)CCCC3.[Ir]. The van der Waals surface area contributed by atoms with Crippen molar-refractivity contribution in [2.45, 2.75) is 46.5 Å². The molecule has 0 unspecified atom stereocenters. The monoisotopic (exact) mass is 621 g/mol. The maximum Gasteiger partial charge on any atom is 0.155 e. The Kier molecular flexibility index (Phi) is 8.00. The summed E-state index contributed by atoms with van der Waals surface area (Å²) < 4.78 is 1.38. The van der Waals surface area contributed by atoms with E-state index in [2.05, 4.69) is 49.4 Å². The molecule has 0 bridgehead atoms. The first-order valence-corrected chi connectivity index (χ1v) is 11.4. The number of aliphatic hydroxyl groups excluding tert-OH is 1. The van der Waals surface area contributed by atoms with Gasteiger partial charge in [0, 0.05) is 32.4 Å². The third-order valence-electron chi connectivity index (χ3n) is 5.52. The van der Waals surface area contributed by atoms with Crippen LogP contribution in [0, 0.1) is 13.0 Å². The number of aliphatic hydroxyl groups is 1. The first-order valence-electron chi connectivity index (χ1n) is 10.6. The Morgan fingerprint density at radius 1 is 1.16 bits per heavy atom. The van der Waals surface area contributed by atoms with Crippen LogP contribution < -0.4 is 0 Å². The van der Waals surface area contributed by atoms with Gasteiger partial charge in [0.15, 0.2) is 5.78 Å². The van der Waals surface area contributed by atoms with Crippen LogP contribution in [0.5, 0.6) is 0 Å². The zero-order chi connectivity index (χ0) is 22.0. The quantitative estimate of drug-likeness (QED) is 0.147. The van der Waals surface area contributed by atoms with Crippen LogP contribution in [-0.2, 0) is 37.7 Å². The molecule has 0 spiro atoms. The third kappa shape index (κ3) is 5.17. The predicted molar refractivity (Wildman–Crippen MR) is 130 cm³/mol. The van der Waals surface area contributed by atoms with Crippen LogP contribution in [0.2, 0.25) is 0 Å². The summed E-state index contributed by atoms with van der Waals surface area (Å²) >= 11 is 1.97. The van der Waals surface area contributed by atoms with Crippen LogP contribution >= 0.6 is 11.3 Å². The molecular weight excluding hydrogens is 595 g/mol. The molecule has 167 valence electrons. The number of fused-ring (bicyclic) bond motifs is 4. The van der Waals surface area contributed by atoms with Crippen LogP contribution in [0.25, 0.3) is 32.1 Å². The second-order valence-corrected chi connectivity index (χ2v) is 9.18. The van der Waals surface area contributed by atoms with Crippen molar-refractivity contribution in [3.8, 4) is 11.3 Å². The second-order valence-electron chi connectivity index (χ2n) is 8.07. The first kappa shape index (κ1) is 24.3. The van der Waals surface area contributed by atoms with Crippen molar-refractivity contribution in [2.75, 3.05) is 0 Å². The smallest absolute Gasteiger partial charge is 0.155 e. The van der Waals surface area contributed by atoms with Crippen LogP contribution in [0.3, 0.4) is 0 Å². The summed E-state index contributed by atoms with van der Waals surface area (Å²) in [5.41, 5.74) is 5.15. The van der Waals surface area contributed by atoms with Gasteiger partial charge in [-0.1, -0.05) is 42.6 Å². The molecule has 0 atom stereocenters. The van der Waals surface area contributed by atoms with E-state index in [0.29, 0.717) is 0 Å². The summed E-state index contributed by atoms with van der Waals surface area (Å²) in [7, 11) is 0. The molecule has 1 radical (unpaired) electrons. The van der Waals surface area contributed by atoms with Crippen LogP contribution in [0.15, 0.2) is 54.4 Å². The summed E-state index contributed by atoms with van der Waals surface area (Å²) in [5, 5.41) is 12.3. The molecule has 1 aliphatic rings. The molecule has 2 aromatic heterocycles. The Labute approximate surface area is 206 Å². The van der Waals surface area contributed by atoms with Gasteiger partial charge in [-0.25, -0.2) is 0 Å². The predicted octanol–water partition coefficient (Wildman–Crippen LogP) is 7.14. The van der Waals surface area contributed by atoms with E-state index in [-0.39, 0.29) is 31.6 Å². The summed E-state index contributed by atoms with van der Waals surface area (Å²) in [4.78, 5) is 16.3. The molecule has 4 aromatic rings. The number of ketones is 1. The number of pyridine rings is 1. The zero-order valence-electron chi connectivity index (χ0n) is 18.5. The van der Waals surface area contributed by atoms with Crippen molar-refractivity contribution in [3.63, 3.8) is 0 Å². The maximum absolute atomic E-state index is 10.0. The van der Waals surface area contributed by atoms with Crippen LogP contribution in [-0.4, -0.2) is 15.9 Å². The van der Waals surface area contributed by atoms with Gasteiger partial charge in [0.25, 0.3) is 0 Å². The molecule has 0 saturated heterocycles. The fourth-order valence-corrected chi connectivity index (χ4v) is 5.65. The molecule has 2 heterocycles. The number of thiophene rings is 1. The van der Waals surface area contributed by atoms with E-state index in [1.807, 2.05) is 17.5 Å². The number of rotatable bonds is 2. The van der Waals surface area contributed by atoms with Gasteiger partial charge in [-0.2, -0.15) is 11.3 Å². The Bertz CT molecular complexity index is 1300. The van der Waals surface area contributed by atoms with Crippen molar-refractivity contribution in [2.24, 2.45) is 0 Å². The standard InChI is InChI=1S/C22H18NS.C5H8O2.Ir/c1-14-10-11-17(19-12-15-6-2-3-7-16(15)13-23-19)22-21(14)18-8-4-5-9-20(18)24-22;1-4(6)3-5(2)7;/h2-3,6-7,10,12-13H,4-5,8-9H2,1H3;3,6H,1-2H3;/q-1;;/b;4-3-;. The summed E-state index contributed by atoms with van der Waals surface area (Å²) in [6.45, 7) is 5.07. The van der Waals surface area contributed by atoms with Gasteiger partial charge in [-0.05, 0) is 71.1 Å². The number of nitrogens with zero attached hydrogens (tertiary/aromatic N) is 1. The first-order chi connectivity index (χ1) is 14.9. The number of hydrogen-bond acceptors (Lipinski definition) is 4. The van der Waals surface area contributed by atoms with Gasteiger partial charge >= 0.3 is 0 Å². The van der Waals surface area contributed by atoms with Gasteiger partial charge in [0.1, 0.15) is 0 Å². The minimum atomic E-state index is -0.125. The minimum absolute atomic E-state index is 0. The molecule has 2 aromatic carbocycles. The molecular formula is C27H26IrNO2S-. The molecule has 0 amide bonds. The fraction of sp³-hybridized carbons (Fsp3) is 0.259. The zero-order valence-corrected chi connectivity index (χ0v) is 21.7. The minimum Gasteiger partial charge on any atom is -0.512 e. The molecule has 1 N–H and O–H groups in total. The molecule has 0 aliphatic heterocycles. The Hall–Kier alpha value is -2.33. The van der Waals surface area contributed by atoms with Gasteiger partial charge in [-0.3, -0.25) is 4.79 Å². The van der Waals surface area contributed by atoms with Gasteiger partial charge in [0.05, 0.1) is 5.76 Å². The van der Waals surface area contributed by atoms with Crippen LogP contribution in [0.4, 0.5) is 0 Å². The summed E-state index contributed by atoms with van der Waals surface area (Å²) in [6.07, 6.45) is 8.26. The third-order valence-corrected chi connectivity index (χ3v) is 6.83. The van der Waals surface area contributed by atoms with E-state index >= 15 is 0 Å². The van der Waals surface area contributed by atoms with Gasteiger partial charge < -0.3 is 10.1 Å². The largest absolute Gasteiger partial charge is 0.512 e. The Morgan fingerprint density at radius 2 is 1.88 bits per heavy atom. The van der Waals surface area contributed by atoms with Crippen molar-refractivity contribution in [1.29, 1.82) is 0 Å². The van der Waals surface area contributed by atoms with Crippen LogP contribution in [0.1, 0.15) is 42.7 Å². The molecule has 0 saturated carbocycles. The fourth-order valence-electron chi connectivity index (χ4n) is 4.18. The van der Waals surface area contributed by atoms with E-state index in [1.54, 1.807) is 10.4 Å². The van der Waals surface area contributed by atoms with E-state index in [4.69, 9.17) is 10.1 Å².